The average molecular weight is 258 g/mol. The van der Waals surface area contributed by atoms with Gasteiger partial charge in [-0.2, -0.15) is 5.10 Å². The van der Waals surface area contributed by atoms with Crippen molar-refractivity contribution in [3.05, 3.63) is 16.4 Å². The van der Waals surface area contributed by atoms with Crippen molar-refractivity contribution in [3.8, 4) is 0 Å². The van der Waals surface area contributed by atoms with Crippen molar-refractivity contribution in [2.24, 2.45) is 5.73 Å². The Kier molecular flexibility index (Phi) is 2.93. The molecule has 1 fully saturated rings. The maximum atomic E-state index is 5.53. The van der Waals surface area contributed by atoms with E-state index in [-0.39, 0.29) is 0 Å². The van der Waals surface area contributed by atoms with Crippen LogP contribution >= 0.6 is 15.9 Å². The Labute approximate surface area is 92.8 Å². The van der Waals surface area contributed by atoms with E-state index in [0.29, 0.717) is 12.0 Å². The molecule has 1 aromatic rings. The lowest BCUT2D eigenvalue weighted by Crippen LogP contribution is -2.11. The van der Waals surface area contributed by atoms with Gasteiger partial charge >= 0.3 is 0 Å². The number of nitrogens with zero attached hydrogens (tertiary/aromatic N) is 2. The molecular weight excluding hydrogens is 242 g/mol. The molecule has 1 atom stereocenters. The summed E-state index contributed by atoms with van der Waals surface area (Å²) in [6, 6.07) is 0.406. The van der Waals surface area contributed by atoms with Crippen molar-refractivity contribution in [1.29, 1.82) is 0 Å². The molecule has 1 heterocycles. The van der Waals surface area contributed by atoms with Crippen molar-refractivity contribution >= 4 is 15.9 Å². The van der Waals surface area contributed by atoms with Crippen LogP contribution in [0.5, 0.6) is 0 Å². The number of aromatic nitrogens is 2. The molecule has 78 valence electrons. The smallest absolute Gasteiger partial charge is 0.0797 e. The lowest BCUT2D eigenvalue weighted by molar-refractivity contribution is 0.461. The molecule has 0 aliphatic heterocycles. The fourth-order valence-electron chi connectivity index (χ4n) is 1.62. The molecule has 0 radical (unpaired) electrons. The molecule has 14 heavy (non-hydrogen) atoms. The van der Waals surface area contributed by atoms with Crippen molar-refractivity contribution < 1.29 is 0 Å². The minimum atomic E-state index is 0.406. The monoisotopic (exact) mass is 257 g/mol. The number of hydrogen-bond donors (Lipinski definition) is 1. The zero-order chi connectivity index (χ0) is 10.1. The van der Waals surface area contributed by atoms with Crippen LogP contribution in [0.25, 0.3) is 0 Å². The van der Waals surface area contributed by atoms with Crippen LogP contribution in [0.4, 0.5) is 0 Å². The van der Waals surface area contributed by atoms with E-state index in [9.17, 15) is 0 Å². The van der Waals surface area contributed by atoms with Gasteiger partial charge in [-0.3, -0.25) is 4.68 Å². The Bertz CT molecular complexity index is 317. The Balaban J connectivity index is 2.14. The predicted molar refractivity (Wildman–Crippen MR) is 60.3 cm³/mol. The molecule has 2 N–H and O–H groups in total. The standard InChI is InChI=1S/C10H16BrN3/c1-7(4-5-12)14-6-9(11)10(13-14)8-2-3-8/h6-8H,2-5,12H2,1H3. The SMILES string of the molecule is CC(CCN)n1cc(Br)c(C2CC2)n1. The minimum Gasteiger partial charge on any atom is -0.330 e. The molecule has 1 aliphatic rings. The molecule has 1 aromatic heterocycles. The van der Waals surface area contributed by atoms with Crippen LogP contribution in [0.2, 0.25) is 0 Å². The number of hydrogen-bond acceptors (Lipinski definition) is 2. The fraction of sp³-hybridized carbons (Fsp3) is 0.700. The van der Waals surface area contributed by atoms with E-state index >= 15 is 0 Å². The third-order valence-electron chi connectivity index (χ3n) is 2.71. The average Bonchev–Trinajstić information content (AvgIpc) is 2.91. The molecule has 1 saturated carbocycles. The molecule has 1 unspecified atom stereocenters. The molecule has 3 nitrogen and oxygen atoms in total. The summed E-state index contributed by atoms with van der Waals surface area (Å²) in [4.78, 5) is 0. The van der Waals surface area contributed by atoms with Gasteiger partial charge in [0.05, 0.1) is 16.2 Å². The van der Waals surface area contributed by atoms with Gasteiger partial charge in [0.2, 0.25) is 0 Å². The van der Waals surface area contributed by atoms with Crippen LogP contribution in [0.1, 0.15) is 43.8 Å². The van der Waals surface area contributed by atoms with Crippen LogP contribution in [0.3, 0.4) is 0 Å². The molecule has 0 spiro atoms. The largest absolute Gasteiger partial charge is 0.330 e. The van der Waals surface area contributed by atoms with Crippen LogP contribution in [-0.2, 0) is 0 Å². The zero-order valence-corrected chi connectivity index (χ0v) is 10.00. The highest BCUT2D eigenvalue weighted by Gasteiger charge is 2.28. The summed E-state index contributed by atoms with van der Waals surface area (Å²) in [5.74, 6) is 0.704. The van der Waals surface area contributed by atoms with Crippen molar-refractivity contribution in [2.75, 3.05) is 6.54 Å². The second kappa shape index (κ2) is 4.03. The quantitative estimate of drug-likeness (QED) is 0.901. The molecule has 0 amide bonds. The highest BCUT2D eigenvalue weighted by Crippen LogP contribution is 2.42. The van der Waals surface area contributed by atoms with E-state index in [2.05, 4.69) is 34.1 Å². The van der Waals surface area contributed by atoms with Crippen LogP contribution in [0.15, 0.2) is 10.7 Å². The summed E-state index contributed by atoms with van der Waals surface area (Å²) in [7, 11) is 0. The van der Waals surface area contributed by atoms with E-state index in [1.807, 2.05) is 4.68 Å². The van der Waals surface area contributed by atoms with Crippen molar-refractivity contribution in [1.82, 2.24) is 9.78 Å². The van der Waals surface area contributed by atoms with Crippen LogP contribution in [-0.4, -0.2) is 16.3 Å². The fourth-order valence-corrected chi connectivity index (χ4v) is 2.23. The molecule has 0 bridgehead atoms. The topological polar surface area (TPSA) is 43.8 Å². The summed E-state index contributed by atoms with van der Waals surface area (Å²) in [5, 5.41) is 4.60. The molecule has 0 aromatic carbocycles. The highest BCUT2D eigenvalue weighted by atomic mass is 79.9. The zero-order valence-electron chi connectivity index (χ0n) is 8.41. The van der Waals surface area contributed by atoms with Crippen LogP contribution < -0.4 is 5.73 Å². The highest BCUT2D eigenvalue weighted by molar-refractivity contribution is 9.10. The first kappa shape index (κ1) is 10.2. The summed E-state index contributed by atoms with van der Waals surface area (Å²) >= 11 is 3.56. The van der Waals surface area contributed by atoms with Gasteiger partial charge in [0.1, 0.15) is 0 Å². The maximum Gasteiger partial charge on any atom is 0.0797 e. The summed E-state index contributed by atoms with van der Waals surface area (Å²) < 4.78 is 3.19. The van der Waals surface area contributed by atoms with Crippen LogP contribution in [0, 0.1) is 0 Å². The summed E-state index contributed by atoms with van der Waals surface area (Å²) in [5.41, 5.74) is 6.76. The second-order valence-corrected chi connectivity index (χ2v) is 4.90. The Hall–Kier alpha value is -0.350. The normalized spacial score (nSPS) is 18.5. The van der Waals surface area contributed by atoms with Gasteiger partial charge in [-0.25, -0.2) is 0 Å². The lowest BCUT2D eigenvalue weighted by atomic mass is 10.2. The van der Waals surface area contributed by atoms with Gasteiger partial charge < -0.3 is 5.73 Å². The first-order chi connectivity index (χ1) is 6.72. The number of nitrogens with two attached hydrogens (primary N) is 1. The third kappa shape index (κ3) is 2.01. The van der Waals surface area contributed by atoms with E-state index in [1.54, 1.807) is 0 Å². The molecule has 4 heteroatoms. The minimum absolute atomic E-state index is 0.406. The Morgan fingerprint density at radius 2 is 2.43 bits per heavy atom. The van der Waals surface area contributed by atoms with Gasteiger partial charge in [-0.15, -0.1) is 0 Å². The van der Waals surface area contributed by atoms with Gasteiger partial charge in [0.15, 0.2) is 0 Å². The molecule has 1 aliphatic carbocycles. The van der Waals surface area contributed by atoms with Gasteiger partial charge in [-0.1, -0.05) is 0 Å². The van der Waals surface area contributed by atoms with Crippen molar-refractivity contribution in [2.45, 2.75) is 38.1 Å². The van der Waals surface area contributed by atoms with Gasteiger partial charge in [0.25, 0.3) is 0 Å². The Morgan fingerprint density at radius 3 is 3.00 bits per heavy atom. The molecule has 2 rings (SSSR count). The first-order valence-corrected chi connectivity index (χ1v) is 5.96. The maximum absolute atomic E-state index is 5.53. The molecular formula is C10H16BrN3. The lowest BCUT2D eigenvalue weighted by Gasteiger charge is -2.09. The second-order valence-electron chi connectivity index (χ2n) is 4.04. The van der Waals surface area contributed by atoms with Crippen molar-refractivity contribution in [3.63, 3.8) is 0 Å². The van der Waals surface area contributed by atoms with Gasteiger partial charge in [-0.05, 0) is 48.7 Å². The summed E-state index contributed by atoms with van der Waals surface area (Å²) in [6.45, 7) is 2.88. The molecule has 0 saturated heterocycles. The third-order valence-corrected chi connectivity index (χ3v) is 3.32. The van der Waals surface area contributed by atoms with E-state index in [1.165, 1.54) is 18.5 Å². The number of rotatable bonds is 4. The van der Waals surface area contributed by atoms with Gasteiger partial charge in [0, 0.05) is 12.1 Å². The first-order valence-electron chi connectivity index (χ1n) is 5.17. The summed E-state index contributed by atoms with van der Waals surface area (Å²) in [6.07, 6.45) is 5.65. The van der Waals surface area contributed by atoms with E-state index in [0.717, 1.165) is 17.4 Å². The predicted octanol–water partition coefficient (Wildman–Crippen LogP) is 2.43. The number of halogens is 1. The Morgan fingerprint density at radius 1 is 1.71 bits per heavy atom. The van der Waals surface area contributed by atoms with E-state index in [4.69, 9.17) is 5.73 Å². The van der Waals surface area contributed by atoms with E-state index < -0.39 is 0 Å².